The van der Waals surface area contributed by atoms with Crippen LogP contribution in [0.25, 0.3) is 0 Å². The van der Waals surface area contributed by atoms with E-state index in [1.54, 1.807) is 0 Å². The van der Waals surface area contributed by atoms with Gasteiger partial charge in [0.05, 0.1) is 10.3 Å². The van der Waals surface area contributed by atoms with Crippen molar-refractivity contribution in [3.05, 3.63) is 57.1 Å². The smallest absolute Gasteiger partial charge is 0.258 e. The number of rotatable bonds is 3. The Morgan fingerprint density at radius 1 is 1.33 bits per heavy atom. The Morgan fingerprint density at radius 2 is 2.07 bits per heavy atom. The molecule has 2 aromatic rings. The molecule has 0 amide bonds. The lowest BCUT2D eigenvalue weighted by molar-refractivity contribution is -0.385. The monoisotopic (exact) mass is 220 g/mol. The van der Waals surface area contributed by atoms with Gasteiger partial charge in [-0.05, 0) is 17.1 Å². The van der Waals surface area contributed by atoms with E-state index in [9.17, 15) is 10.1 Å². The average molecular weight is 220 g/mol. The minimum atomic E-state index is -0.387. The highest BCUT2D eigenvalue weighted by atomic mass is 32.1. The van der Waals surface area contributed by atoms with Gasteiger partial charge >= 0.3 is 5.69 Å². The minimum absolute atomic E-state index is 0.115. The summed E-state index contributed by atoms with van der Waals surface area (Å²) >= 11 is 1.12. The molecule has 0 bridgehead atoms. The highest BCUT2D eigenvalue weighted by Gasteiger charge is 2.16. The molecule has 1 aromatic heterocycles. The summed E-state index contributed by atoms with van der Waals surface area (Å²) in [4.78, 5) is 10.3. The van der Waals surface area contributed by atoms with E-state index < -0.39 is 0 Å². The van der Waals surface area contributed by atoms with Gasteiger partial charge in [0.1, 0.15) is 5.69 Å². The Hall–Kier alpha value is -1.75. The van der Waals surface area contributed by atoms with Gasteiger partial charge in [-0.2, -0.15) is 4.37 Å². The molecule has 0 saturated heterocycles. The first-order chi connectivity index (χ1) is 7.27. The lowest BCUT2D eigenvalue weighted by Gasteiger charge is -1.96. The van der Waals surface area contributed by atoms with Crippen LogP contribution >= 0.6 is 11.5 Å². The summed E-state index contributed by atoms with van der Waals surface area (Å²) in [5, 5.41) is 12.1. The average Bonchev–Trinajstić information content (AvgIpc) is 2.67. The zero-order chi connectivity index (χ0) is 10.7. The molecular weight excluding hydrogens is 212 g/mol. The van der Waals surface area contributed by atoms with Crippen molar-refractivity contribution in [2.45, 2.75) is 6.42 Å². The van der Waals surface area contributed by atoms with Crippen LogP contribution in [0.4, 0.5) is 5.69 Å². The molecule has 0 saturated carbocycles. The normalized spacial score (nSPS) is 10.1. The third-order valence-corrected chi connectivity index (χ3v) is 2.69. The maximum atomic E-state index is 10.6. The third kappa shape index (κ3) is 2.19. The van der Waals surface area contributed by atoms with Crippen LogP contribution in [-0.2, 0) is 6.42 Å². The molecule has 2 rings (SSSR count). The first-order valence-corrected chi connectivity index (χ1v) is 5.22. The summed E-state index contributed by atoms with van der Waals surface area (Å²) in [6.07, 6.45) is 0.515. The molecule has 0 atom stereocenters. The highest BCUT2D eigenvalue weighted by Crippen LogP contribution is 2.22. The van der Waals surface area contributed by atoms with Crippen molar-refractivity contribution < 1.29 is 4.92 Å². The predicted octanol–water partition coefficient (Wildman–Crippen LogP) is 2.64. The number of benzene rings is 1. The van der Waals surface area contributed by atoms with Gasteiger partial charge < -0.3 is 0 Å². The van der Waals surface area contributed by atoms with Crippen LogP contribution in [0, 0.1) is 10.1 Å². The Morgan fingerprint density at radius 3 is 2.73 bits per heavy atom. The Balaban J connectivity index is 2.25. The fourth-order valence-corrected chi connectivity index (χ4v) is 1.98. The number of nitro groups is 1. The van der Waals surface area contributed by atoms with Crippen molar-refractivity contribution in [3.8, 4) is 0 Å². The first kappa shape index (κ1) is 9.79. The molecule has 5 heteroatoms. The Labute approximate surface area is 90.5 Å². The molecule has 4 nitrogen and oxygen atoms in total. The van der Waals surface area contributed by atoms with Gasteiger partial charge in [0, 0.05) is 6.42 Å². The molecular formula is C10H8N2O2S. The van der Waals surface area contributed by atoms with Gasteiger partial charge in [0.25, 0.3) is 0 Å². The molecule has 0 aliphatic rings. The number of hydrogen-bond donors (Lipinski definition) is 0. The summed E-state index contributed by atoms with van der Waals surface area (Å²) in [7, 11) is 0. The zero-order valence-corrected chi connectivity index (χ0v) is 8.61. The van der Waals surface area contributed by atoms with Crippen molar-refractivity contribution in [1.82, 2.24) is 4.37 Å². The SMILES string of the molecule is O=[N+]([O-])c1csnc1Cc1ccccc1. The summed E-state index contributed by atoms with van der Waals surface area (Å²) in [6, 6.07) is 9.60. The fourth-order valence-electron chi connectivity index (χ4n) is 1.32. The molecule has 1 heterocycles. The van der Waals surface area contributed by atoms with Gasteiger partial charge in [-0.25, -0.2) is 0 Å². The molecule has 0 unspecified atom stereocenters. The topological polar surface area (TPSA) is 56.0 Å². The van der Waals surface area contributed by atoms with Gasteiger partial charge in [-0.1, -0.05) is 30.3 Å². The van der Waals surface area contributed by atoms with E-state index in [0.29, 0.717) is 12.1 Å². The standard InChI is InChI=1S/C10H8N2O2S/c13-12(14)10-7-15-11-9(10)6-8-4-2-1-3-5-8/h1-5,7H,6H2. The van der Waals surface area contributed by atoms with Crippen molar-refractivity contribution in [1.29, 1.82) is 0 Å². The van der Waals surface area contributed by atoms with Gasteiger partial charge in [-0.15, -0.1) is 0 Å². The van der Waals surface area contributed by atoms with Crippen molar-refractivity contribution >= 4 is 17.2 Å². The van der Waals surface area contributed by atoms with Crippen LogP contribution in [0.1, 0.15) is 11.3 Å². The van der Waals surface area contributed by atoms with E-state index in [1.807, 2.05) is 30.3 Å². The predicted molar refractivity (Wildman–Crippen MR) is 58.0 cm³/mol. The molecule has 0 spiro atoms. The van der Waals surface area contributed by atoms with Crippen LogP contribution in [-0.4, -0.2) is 9.30 Å². The largest absolute Gasteiger partial charge is 0.303 e. The van der Waals surface area contributed by atoms with E-state index in [2.05, 4.69) is 4.37 Å². The molecule has 15 heavy (non-hydrogen) atoms. The minimum Gasteiger partial charge on any atom is -0.258 e. The van der Waals surface area contributed by atoms with E-state index >= 15 is 0 Å². The highest BCUT2D eigenvalue weighted by molar-refractivity contribution is 7.04. The molecule has 0 fully saturated rings. The fraction of sp³-hybridized carbons (Fsp3) is 0.100. The second-order valence-corrected chi connectivity index (χ2v) is 3.70. The second-order valence-electron chi connectivity index (χ2n) is 3.07. The molecule has 0 aliphatic carbocycles. The molecule has 1 aromatic carbocycles. The van der Waals surface area contributed by atoms with Crippen molar-refractivity contribution in [3.63, 3.8) is 0 Å². The zero-order valence-electron chi connectivity index (χ0n) is 7.79. The number of hydrogen-bond acceptors (Lipinski definition) is 4. The summed E-state index contributed by atoms with van der Waals surface area (Å²) in [5.74, 6) is 0. The Kier molecular flexibility index (Phi) is 2.73. The van der Waals surface area contributed by atoms with Crippen molar-refractivity contribution in [2.75, 3.05) is 0 Å². The third-order valence-electron chi connectivity index (χ3n) is 2.03. The first-order valence-electron chi connectivity index (χ1n) is 4.39. The summed E-state index contributed by atoms with van der Waals surface area (Å²) in [5.41, 5.74) is 1.69. The molecule has 0 aliphatic heterocycles. The van der Waals surface area contributed by atoms with Crippen LogP contribution in [0.15, 0.2) is 35.7 Å². The van der Waals surface area contributed by atoms with Crippen LogP contribution in [0.3, 0.4) is 0 Å². The lowest BCUT2D eigenvalue weighted by Crippen LogP contribution is -1.94. The Bertz CT molecular complexity index is 467. The van der Waals surface area contributed by atoms with Crippen LogP contribution < -0.4 is 0 Å². The molecule has 76 valence electrons. The van der Waals surface area contributed by atoms with Gasteiger partial charge in [0.15, 0.2) is 0 Å². The molecule has 0 radical (unpaired) electrons. The summed E-state index contributed by atoms with van der Waals surface area (Å²) in [6.45, 7) is 0. The second kappa shape index (κ2) is 4.18. The van der Waals surface area contributed by atoms with Crippen LogP contribution in [0.2, 0.25) is 0 Å². The maximum absolute atomic E-state index is 10.6. The van der Waals surface area contributed by atoms with E-state index in [-0.39, 0.29) is 10.6 Å². The van der Waals surface area contributed by atoms with E-state index in [0.717, 1.165) is 17.1 Å². The van der Waals surface area contributed by atoms with Gasteiger partial charge in [-0.3, -0.25) is 10.1 Å². The van der Waals surface area contributed by atoms with E-state index in [1.165, 1.54) is 5.38 Å². The lowest BCUT2D eigenvalue weighted by atomic mass is 10.1. The number of nitrogens with zero attached hydrogens (tertiary/aromatic N) is 2. The van der Waals surface area contributed by atoms with Gasteiger partial charge in [0.2, 0.25) is 0 Å². The number of aromatic nitrogens is 1. The van der Waals surface area contributed by atoms with Crippen molar-refractivity contribution in [2.24, 2.45) is 0 Å². The summed E-state index contributed by atoms with van der Waals surface area (Å²) < 4.78 is 4.03. The van der Waals surface area contributed by atoms with Crippen LogP contribution in [0.5, 0.6) is 0 Å². The molecule has 0 N–H and O–H groups in total. The quantitative estimate of drug-likeness (QED) is 0.590. The van der Waals surface area contributed by atoms with E-state index in [4.69, 9.17) is 0 Å². The maximum Gasteiger partial charge on any atom is 0.303 e.